The van der Waals surface area contributed by atoms with Gasteiger partial charge in [0.05, 0.1) is 12.7 Å². The summed E-state index contributed by atoms with van der Waals surface area (Å²) < 4.78 is 13.1. The van der Waals surface area contributed by atoms with Crippen molar-refractivity contribution in [3.63, 3.8) is 0 Å². The molecule has 0 aliphatic carbocycles. The van der Waals surface area contributed by atoms with Crippen LogP contribution in [0.1, 0.15) is 213 Å². The quantitative estimate of drug-likeness (QED) is 0.0557. The summed E-state index contributed by atoms with van der Waals surface area (Å²) in [6, 6.07) is 0. The maximum absolute atomic E-state index is 6.63. The molecule has 1 aliphatic rings. The highest BCUT2D eigenvalue weighted by molar-refractivity contribution is 4.92. The topological polar surface area (TPSA) is 30.5 Å². The van der Waals surface area contributed by atoms with E-state index < -0.39 is 0 Å². The van der Waals surface area contributed by atoms with Crippen LogP contribution in [-0.4, -0.2) is 32.1 Å². The van der Waals surface area contributed by atoms with Crippen molar-refractivity contribution in [3.05, 3.63) is 24.3 Å². The van der Waals surface area contributed by atoms with Crippen molar-refractivity contribution in [2.45, 2.75) is 225 Å². The van der Waals surface area contributed by atoms with E-state index in [-0.39, 0.29) is 11.9 Å². The molecule has 1 aliphatic heterocycles. The van der Waals surface area contributed by atoms with Gasteiger partial charge in [-0.3, -0.25) is 0 Å². The Balaban J connectivity index is 2.08. The van der Waals surface area contributed by atoms with Crippen molar-refractivity contribution in [3.8, 4) is 0 Å². The fraction of sp³-hybridized carbons (Fsp3) is 0.905. The van der Waals surface area contributed by atoms with E-state index in [1.165, 1.54) is 173 Å². The van der Waals surface area contributed by atoms with Crippen LogP contribution in [0.25, 0.3) is 0 Å². The van der Waals surface area contributed by atoms with E-state index in [1.54, 1.807) is 0 Å². The first-order valence-electron chi connectivity index (χ1n) is 20.5. The van der Waals surface area contributed by atoms with E-state index in [0.717, 1.165) is 38.8 Å². The lowest BCUT2D eigenvalue weighted by Crippen LogP contribution is -2.31. The lowest BCUT2D eigenvalue weighted by atomic mass is 9.98. The molecular weight excluding hydrogens is 550 g/mol. The number of nitrogens with one attached hydrogen (secondary N) is 1. The number of ether oxygens (including phenoxy) is 2. The molecule has 0 amide bonds. The second-order valence-corrected chi connectivity index (χ2v) is 14.2. The van der Waals surface area contributed by atoms with E-state index in [2.05, 4.69) is 43.5 Å². The predicted octanol–water partition coefficient (Wildman–Crippen LogP) is 13.6. The highest BCUT2D eigenvalue weighted by Crippen LogP contribution is 2.35. The summed E-state index contributed by atoms with van der Waals surface area (Å²) in [5.41, 5.74) is 0. The Hall–Kier alpha value is -0.640. The summed E-state index contributed by atoms with van der Waals surface area (Å²) in [6.07, 6.45) is 51.1. The lowest BCUT2D eigenvalue weighted by molar-refractivity contribution is -0.179. The number of allylic oxidation sites excluding steroid dienone is 4. The fourth-order valence-corrected chi connectivity index (χ4v) is 6.78. The number of rotatable bonds is 35. The van der Waals surface area contributed by atoms with Crippen molar-refractivity contribution < 1.29 is 9.47 Å². The SMILES string of the molecule is CCCCC/C=C\C/C=C\CCCCCCCCC1(CCCCCCCCCCCCCCCCCC)OCC(CCNC)O1. The van der Waals surface area contributed by atoms with Gasteiger partial charge >= 0.3 is 0 Å². The van der Waals surface area contributed by atoms with E-state index in [0.29, 0.717) is 0 Å². The number of unbranched alkanes of at least 4 members (excludes halogenated alkanes) is 24. The van der Waals surface area contributed by atoms with Gasteiger partial charge in [0.1, 0.15) is 0 Å². The summed E-state index contributed by atoms with van der Waals surface area (Å²) in [5.74, 6) is -0.302. The van der Waals surface area contributed by atoms with Crippen molar-refractivity contribution in [1.29, 1.82) is 0 Å². The predicted molar refractivity (Wildman–Crippen MR) is 200 cm³/mol. The average Bonchev–Trinajstić information content (AvgIpc) is 3.46. The summed E-state index contributed by atoms with van der Waals surface area (Å²) in [6.45, 7) is 6.36. The molecule has 0 bridgehead atoms. The van der Waals surface area contributed by atoms with Gasteiger partial charge in [0, 0.05) is 12.8 Å². The average molecular weight is 632 g/mol. The van der Waals surface area contributed by atoms with Crippen LogP contribution in [0.15, 0.2) is 24.3 Å². The molecule has 0 aromatic rings. The second-order valence-electron chi connectivity index (χ2n) is 14.2. The van der Waals surface area contributed by atoms with E-state index in [1.807, 2.05) is 7.05 Å². The first kappa shape index (κ1) is 42.4. The van der Waals surface area contributed by atoms with Gasteiger partial charge in [-0.1, -0.05) is 173 Å². The maximum Gasteiger partial charge on any atom is 0.168 e. The lowest BCUT2D eigenvalue weighted by Gasteiger charge is -2.28. The third kappa shape index (κ3) is 27.1. The zero-order valence-electron chi connectivity index (χ0n) is 31.0. The molecule has 2 unspecified atom stereocenters. The smallest absolute Gasteiger partial charge is 0.168 e. The van der Waals surface area contributed by atoms with Crippen LogP contribution < -0.4 is 5.32 Å². The Labute approximate surface area is 283 Å². The Kier molecular flexibility index (Phi) is 31.3. The van der Waals surface area contributed by atoms with Crippen molar-refractivity contribution in [2.24, 2.45) is 0 Å². The van der Waals surface area contributed by atoms with Crippen molar-refractivity contribution in [2.75, 3.05) is 20.2 Å². The molecule has 0 aromatic heterocycles. The van der Waals surface area contributed by atoms with E-state index in [9.17, 15) is 0 Å². The molecule has 0 spiro atoms. The second kappa shape index (κ2) is 33.3. The fourth-order valence-electron chi connectivity index (χ4n) is 6.78. The van der Waals surface area contributed by atoms with Gasteiger partial charge in [-0.2, -0.15) is 0 Å². The molecule has 3 heteroatoms. The molecule has 0 radical (unpaired) electrons. The first-order chi connectivity index (χ1) is 22.3. The van der Waals surface area contributed by atoms with Crippen LogP contribution in [0, 0.1) is 0 Å². The van der Waals surface area contributed by atoms with Crippen LogP contribution in [-0.2, 0) is 9.47 Å². The molecule has 3 nitrogen and oxygen atoms in total. The summed E-state index contributed by atoms with van der Waals surface area (Å²) in [5, 5.41) is 3.28. The minimum absolute atomic E-state index is 0.267. The molecule has 1 rings (SSSR count). The van der Waals surface area contributed by atoms with Crippen LogP contribution >= 0.6 is 0 Å². The highest BCUT2D eigenvalue weighted by atomic mass is 16.7. The van der Waals surface area contributed by atoms with Crippen molar-refractivity contribution >= 4 is 0 Å². The minimum atomic E-state index is -0.302. The number of hydrogen-bond donors (Lipinski definition) is 1. The molecule has 1 heterocycles. The molecule has 0 aromatic carbocycles. The molecular formula is C42H81NO2. The third-order valence-electron chi connectivity index (χ3n) is 9.80. The highest BCUT2D eigenvalue weighted by Gasteiger charge is 2.40. The molecule has 266 valence electrons. The van der Waals surface area contributed by atoms with Gasteiger partial charge in [0.15, 0.2) is 5.79 Å². The molecule has 1 N–H and O–H groups in total. The van der Waals surface area contributed by atoms with Crippen LogP contribution in [0.4, 0.5) is 0 Å². The van der Waals surface area contributed by atoms with Gasteiger partial charge in [-0.05, 0) is 65.0 Å². The standard InChI is InChI=1S/C42H81NO2/c1-4-6-8-10-12-14-16-18-20-22-24-26-28-30-32-34-37-42(44-40-41(45-42)36-39-43-3)38-35-33-31-29-27-25-23-21-19-17-15-13-11-9-7-5-2/h12,14,18,20,41,43H,4-11,13,15-17,19,21-40H2,1-3H3/b14-12-,20-18-. The first-order valence-corrected chi connectivity index (χ1v) is 20.5. The van der Waals surface area contributed by atoms with Gasteiger partial charge in [0.2, 0.25) is 0 Å². The Morgan fingerprint density at radius 1 is 0.533 bits per heavy atom. The molecule has 45 heavy (non-hydrogen) atoms. The van der Waals surface area contributed by atoms with E-state index in [4.69, 9.17) is 9.47 Å². The maximum atomic E-state index is 6.63. The Morgan fingerprint density at radius 3 is 1.40 bits per heavy atom. The largest absolute Gasteiger partial charge is 0.347 e. The van der Waals surface area contributed by atoms with Crippen LogP contribution in [0.2, 0.25) is 0 Å². The summed E-state index contributed by atoms with van der Waals surface area (Å²) in [7, 11) is 2.03. The molecule has 1 fully saturated rings. The summed E-state index contributed by atoms with van der Waals surface area (Å²) >= 11 is 0. The molecule has 0 saturated carbocycles. The normalized spacial score (nSPS) is 18.7. The van der Waals surface area contributed by atoms with Gasteiger partial charge in [-0.15, -0.1) is 0 Å². The Morgan fingerprint density at radius 2 is 0.933 bits per heavy atom. The van der Waals surface area contributed by atoms with Gasteiger partial charge < -0.3 is 14.8 Å². The zero-order chi connectivity index (χ0) is 32.4. The van der Waals surface area contributed by atoms with Crippen molar-refractivity contribution in [1.82, 2.24) is 5.32 Å². The van der Waals surface area contributed by atoms with Crippen LogP contribution in [0.5, 0.6) is 0 Å². The van der Waals surface area contributed by atoms with Gasteiger partial charge in [0.25, 0.3) is 0 Å². The van der Waals surface area contributed by atoms with Crippen LogP contribution in [0.3, 0.4) is 0 Å². The molecule has 2 atom stereocenters. The zero-order valence-corrected chi connectivity index (χ0v) is 31.0. The number of hydrogen-bond acceptors (Lipinski definition) is 3. The minimum Gasteiger partial charge on any atom is -0.347 e. The monoisotopic (exact) mass is 632 g/mol. The Bertz CT molecular complexity index is 647. The summed E-state index contributed by atoms with van der Waals surface area (Å²) in [4.78, 5) is 0. The third-order valence-corrected chi connectivity index (χ3v) is 9.80. The van der Waals surface area contributed by atoms with E-state index >= 15 is 0 Å². The van der Waals surface area contributed by atoms with Gasteiger partial charge in [-0.25, -0.2) is 0 Å². The molecule has 1 saturated heterocycles.